The Morgan fingerprint density at radius 3 is 2.47 bits per heavy atom. The molecule has 6 heteroatoms. The summed E-state index contributed by atoms with van der Waals surface area (Å²) < 4.78 is 27.5. The molecule has 0 saturated heterocycles. The van der Waals surface area contributed by atoms with Gasteiger partial charge in [0.15, 0.2) is 11.6 Å². The Morgan fingerprint density at radius 1 is 1.12 bits per heavy atom. The van der Waals surface area contributed by atoms with E-state index in [-0.39, 0.29) is 16.9 Å². The molecule has 1 fully saturated rings. The summed E-state index contributed by atoms with van der Waals surface area (Å²) in [6, 6.07) is 7.76. The first-order valence-electron chi connectivity index (χ1n) is 11.8. The third kappa shape index (κ3) is 3.78. The van der Waals surface area contributed by atoms with Crippen molar-refractivity contribution in [2.75, 3.05) is 18.0 Å². The second-order valence-corrected chi connectivity index (χ2v) is 9.86. The van der Waals surface area contributed by atoms with Crippen LogP contribution in [0.5, 0.6) is 0 Å². The number of fused-ring (bicyclic) bond motifs is 2. The van der Waals surface area contributed by atoms with Gasteiger partial charge in [-0.15, -0.1) is 0 Å². The number of rotatable bonds is 6. The molecule has 1 aromatic heterocycles. The number of amides is 1. The third-order valence-electron chi connectivity index (χ3n) is 7.41. The van der Waals surface area contributed by atoms with Crippen molar-refractivity contribution >= 4 is 17.3 Å². The van der Waals surface area contributed by atoms with Crippen LogP contribution in [0.15, 0.2) is 30.3 Å². The van der Waals surface area contributed by atoms with Crippen LogP contribution in [0.25, 0.3) is 0 Å². The Balaban J connectivity index is 1.76. The standard InChI is InChI=1S/C26H33F2N3O/c1-5-15-31(25(3,4)6-2)24(32)21-11-12-22-23(29-21)26(13-7-8-14-26)17-30(22)18-9-10-19(27)20(28)16-18/h9-12,16H,5-8,13-15,17H2,1-4H3. The lowest BCUT2D eigenvalue weighted by Gasteiger charge is -2.38. The number of aromatic nitrogens is 1. The monoisotopic (exact) mass is 441 g/mol. The SMILES string of the molecule is CCCN(C(=O)c1ccc2c(n1)C1(CCCC1)CN2c1ccc(F)c(F)c1)C(C)(C)CC. The summed E-state index contributed by atoms with van der Waals surface area (Å²) in [5.41, 5.74) is 2.51. The number of carbonyl (C=O) groups is 1. The van der Waals surface area contributed by atoms with E-state index in [4.69, 9.17) is 4.98 Å². The van der Waals surface area contributed by atoms with Crippen molar-refractivity contribution in [2.45, 2.75) is 77.2 Å². The molecule has 32 heavy (non-hydrogen) atoms. The third-order valence-corrected chi connectivity index (χ3v) is 7.41. The van der Waals surface area contributed by atoms with Gasteiger partial charge >= 0.3 is 0 Å². The highest BCUT2D eigenvalue weighted by molar-refractivity contribution is 5.93. The van der Waals surface area contributed by atoms with Gasteiger partial charge in [-0.2, -0.15) is 0 Å². The molecular weight excluding hydrogens is 408 g/mol. The summed E-state index contributed by atoms with van der Waals surface area (Å²) in [6.07, 6.45) is 5.94. The normalized spacial score (nSPS) is 17.1. The maximum atomic E-state index is 14.0. The number of halogens is 2. The Labute approximate surface area is 189 Å². The van der Waals surface area contributed by atoms with E-state index in [9.17, 15) is 13.6 Å². The van der Waals surface area contributed by atoms with Gasteiger partial charge in [-0.3, -0.25) is 4.79 Å². The van der Waals surface area contributed by atoms with Crippen molar-refractivity contribution in [1.29, 1.82) is 0 Å². The van der Waals surface area contributed by atoms with Crippen molar-refractivity contribution in [3.8, 4) is 0 Å². The number of nitrogens with zero attached hydrogens (tertiary/aromatic N) is 3. The van der Waals surface area contributed by atoms with Crippen LogP contribution in [0.4, 0.5) is 20.2 Å². The van der Waals surface area contributed by atoms with Gasteiger partial charge in [-0.05, 0) is 63.8 Å². The van der Waals surface area contributed by atoms with Crippen LogP contribution < -0.4 is 4.90 Å². The molecule has 0 radical (unpaired) electrons. The van der Waals surface area contributed by atoms with Gasteiger partial charge < -0.3 is 9.80 Å². The highest BCUT2D eigenvalue weighted by Gasteiger charge is 2.47. The second kappa shape index (κ2) is 8.45. The highest BCUT2D eigenvalue weighted by Crippen LogP contribution is 2.51. The smallest absolute Gasteiger partial charge is 0.272 e. The van der Waals surface area contributed by atoms with Gasteiger partial charge in [0.05, 0.1) is 11.4 Å². The predicted octanol–water partition coefficient (Wildman–Crippen LogP) is 6.36. The van der Waals surface area contributed by atoms with Crippen LogP contribution in [0.1, 0.15) is 82.4 Å². The molecule has 4 nitrogen and oxygen atoms in total. The van der Waals surface area contributed by atoms with E-state index in [0.717, 1.165) is 49.9 Å². The quantitative estimate of drug-likeness (QED) is 0.523. The molecule has 0 unspecified atom stereocenters. The predicted molar refractivity (Wildman–Crippen MR) is 123 cm³/mol. The van der Waals surface area contributed by atoms with Crippen LogP contribution in [0, 0.1) is 11.6 Å². The maximum Gasteiger partial charge on any atom is 0.272 e. The minimum atomic E-state index is -0.854. The molecule has 2 aliphatic rings. The van der Waals surface area contributed by atoms with Crippen LogP contribution in [-0.4, -0.2) is 34.4 Å². The largest absolute Gasteiger partial charge is 0.339 e. The number of pyridine rings is 1. The van der Waals surface area contributed by atoms with Crippen molar-refractivity contribution in [3.05, 3.63) is 53.4 Å². The highest BCUT2D eigenvalue weighted by atomic mass is 19.2. The van der Waals surface area contributed by atoms with Crippen LogP contribution in [-0.2, 0) is 5.41 Å². The molecule has 2 heterocycles. The molecule has 2 aromatic rings. The van der Waals surface area contributed by atoms with Gasteiger partial charge in [0.2, 0.25) is 0 Å². The van der Waals surface area contributed by atoms with E-state index in [1.807, 2.05) is 15.9 Å². The van der Waals surface area contributed by atoms with E-state index in [2.05, 4.69) is 27.7 Å². The van der Waals surface area contributed by atoms with Crippen molar-refractivity contribution < 1.29 is 13.6 Å². The van der Waals surface area contributed by atoms with E-state index in [1.165, 1.54) is 12.1 Å². The fraction of sp³-hybridized carbons (Fsp3) is 0.538. The molecule has 0 N–H and O–H groups in total. The first-order valence-corrected chi connectivity index (χ1v) is 11.8. The van der Waals surface area contributed by atoms with Crippen LogP contribution in [0.3, 0.4) is 0 Å². The number of benzene rings is 1. The lowest BCUT2D eigenvalue weighted by Crippen LogP contribution is -2.48. The summed E-state index contributed by atoms with van der Waals surface area (Å²) in [7, 11) is 0. The molecule has 0 atom stereocenters. The molecule has 1 aliphatic carbocycles. The number of carbonyl (C=O) groups excluding carboxylic acids is 1. The average molecular weight is 442 g/mol. The van der Waals surface area contributed by atoms with Gasteiger partial charge in [0, 0.05) is 35.8 Å². The van der Waals surface area contributed by atoms with Gasteiger partial charge in [-0.1, -0.05) is 26.7 Å². The van der Waals surface area contributed by atoms with Crippen molar-refractivity contribution in [2.24, 2.45) is 0 Å². The van der Waals surface area contributed by atoms with Crippen LogP contribution in [0.2, 0.25) is 0 Å². The minimum absolute atomic E-state index is 0.0408. The molecule has 4 rings (SSSR count). The average Bonchev–Trinajstić information content (AvgIpc) is 3.39. The zero-order valence-corrected chi connectivity index (χ0v) is 19.5. The van der Waals surface area contributed by atoms with Gasteiger partial charge in [0.25, 0.3) is 5.91 Å². The molecule has 1 spiro atoms. The van der Waals surface area contributed by atoms with Crippen LogP contribution >= 0.6 is 0 Å². The van der Waals surface area contributed by atoms with E-state index >= 15 is 0 Å². The summed E-state index contributed by atoms with van der Waals surface area (Å²) in [5, 5.41) is 0. The number of hydrogen-bond donors (Lipinski definition) is 0. The van der Waals surface area contributed by atoms with E-state index < -0.39 is 11.6 Å². The molecule has 1 aliphatic heterocycles. The topological polar surface area (TPSA) is 36.4 Å². The number of anilines is 2. The Hall–Kier alpha value is -2.50. The molecule has 1 aromatic carbocycles. The molecule has 1 saturated carbocycles. The fourth-order valence-electron chi connectivity index (χ4n) is 5.20. The zero-order chi connectivity index (χ0) is 23.1. The summed E-state index contributed by atoms with van der Waals surface area (Å²) in [5.74, 6) is -1.74. The first-order chi connectivity index (χ1) is 15.2. The fourth-order valence-corrected chi connectivity index (χ4v) is 5.20. The summed E-state index contributed by atoms with van der Waals surface area (Å²) in [4.78, 5) is 22.5. The molecular formula is C26H33F2N3O. The van der Waals surface area contributed by atoms with E-state index in [1.54, 1.807) is 12.1 Å². The molecule has 172 valence electrons. The first kappa shape index (κ1) is 22.7. The summed E-state index contributed by atoms with van der Waals surface area (Å²) >= 11 is 0. The lowest BCUT2D eigenvalue weighted by molar-refractivity contribution is 0.0532. The Kier molecular flexibility index (Phi) is 5.99. The number of hydrogen-bond acceptors (Lipinski definition) is 3. The summed E-state index contributed by atoms with van der Waals surface area (Å²) in [6.45, 7) is 9.73. The zero-order valence-electron chi connectivity index (χ0n) is 19.5. The van der Waals surface area contributed by atoms with Gasteiger partial charge in [-0.25, -0.2) is 13.8 Å². The Morgan fingerprint density at radius 2 is 1.84 bits per heavy atom. The van der Waals surface area contributed by atoms with E-state index in [0.29, 0.717) is 24.5 Å². The minimum Gasteiger partial charge on any atom is -0.339 e. The molecule has 1 amide bonds. The maximum absolute atomic E-state index is 14.0. The Bertz CT molecular complexity index is 1010. The van der Waals surface area contributed by atoms with Crippen molar-refractivity contribution in [1.82, 2.24) is 9.88 Å². The molecule has 0 bridgehead atoms. The van der Waals surface area contributed by atoms with Gasteiger partial charge in [0.1, 0.15) is 5.69 Å². The lowest BCUT2D eigenvalue weighted by atomic mass is 9.84. The second-order valence-electron chi connectivity index (χ2n) is 9.86. The van der Waals surface area contributed by atoms with Crippen molar-refractivity contribution in [3.63, 3.8) is 0 Å².